The third kappa shape index (κ3) is 5.49. The van der Waals surface area contributed by atoms with Crippen molar-refractivity contribution < 1.29 is 4.57 Å². The number of nitrogens with zero attached hydrogens (tertiary/aromatic N) is 4. The smallest absolute Gasteiger partial charge is 0.255 e. The largest absolute Gasteiger partial charge is 0.288 e. The molecule has 4 heteroatoms. The fourth-order valence-corrected chi connectivity index (χ4v) is 2.61. The van der Waals surface area contributed by atoms with E-state index in [-0.39, 0.29) is 0 Å². The van der Waals surface area contributed by atoms with Crippen LogP contribution in [0.3, 0.4) is 0 Å². The Morgan fingerprint density at radius 2 is 1.68 bits per heavy atom. The van der Waals surface area contributed by atoms with Crippen molar-refractivity contribution in [3.8, 4) is 11.4 Å². The number of benzene rings is 1. The molecule has 0 saturated carbocycles. The highest BCUT2D eigenvalue weighted by Gasteiger charge is 2.19. The number of allylic oxidation sites excluding steroid dienone is 6. The molecule has 0 fully saturated rings. The summed E-state index contributed by atoms with van der Waals surface area (Å²) < 4.78 is 4.02. The van der Waals surface area contributed by atoms with Gasteiger partial charge in [-0.2, -0.15) is 0 Å². The SMILES string of the molecule is CC.CC.C\C=C/C=C(\C=C/C)n1c(-c2ccccc2)nc2c[n+](C)cnc21. The number of aryl methyl sites for hydroxylation is 1. The monoisotopic (exact) mass is 377 g/mol. The van der Waals surface area contributed by atoms with Gasteiger partial charge in [-0.1, -0.05) is 76.3 Å². The summed E-state index contributed by atoms with van der Waals surface area (Å²) in [4.78, 5) is 9.44. The Bertz CT molecular complexity index is 932. The highest BCUT2D eigenvalue weighted by atomic mass is 15.2. The molecule has 0 amide bonds. The zero-order valence-corrected chi connectivity index (χ0v) is 18.2. The van der Waals surface area contributed by atoms with Gasteiger partial charge in [-0.3, -0.25) is 4.57 Å². The van der Waals surface area contributed by atoms with Gasteiger partial charge in [0.1, 0.15) is 12.0 Å². The molecule has 0 N–H and O–H groups in total. The van der Waals surface area contributed by atoms with Gasteiger partial charge in [-0.25, -0.2) is 9.55 Å². The van der Waals surface area contributed by atoms with Gasteiger partial charge in [0.05, 0.1) is 12.7 Å². The number of hydrogen-bond donors (Lipinski definition) is 0. The maximum absolute atomic E-state index is 4.84. The summed E-state index contributed by atoms with van der Waals surface area (Å²) in [6, 6.07) is 10.2. The Labute approximate surface area is 169 Å². The van der Waals surface area contributed by atoms with Crippen LogP contribution in [0, 0.1) is 0 Å². The third-order valence-corrected chi connectivity index (χ3v) is 3.65. The first-order chi connectivity index (χ1) is 13.7. The van der Waals surface area contributed by atoms with E-state index in [2.05, 4.69) is 33.8 Å². The normalized spacial score (nSPS) is 11.3. The lowest BCUT2D eigenvalue weighted by Gasteiger charge is -2.08. The van der Waals surface area contributed by atoms with E-state index < -0.39 is 0 Å². The fourth-order valence-electron chi connectivity index (χ4n) is 2.61. The first kappa shape index (κ1) is 23.0. The van der Waals surface area contributed by atoms with Crippen LogP contribution >= 0.6 is 0 Å². The van der Waals surface area contributed by atoms with Gasteiger partial charge in [0.2, 0.25) is 0 Å². The van der Waals surface area contributed by atoms with Gasteiger partial charge < -0.3 is 0 Å². The number of imidazole rings is 1. The van der Waals surface area contributed by atoms with Crippen molar-refractivity contribution in [1.82, 2.24) is 14.5 Å². The Morgan fingerprint density at radius 3 is 2.29 bits per heavy atom. The molecule has 4 nitrogen and oxygen atoms in total. The van der Waals surface area contributed by atoms with Crippen molar-refractivity contribution in [3.63, 3.8) is 0 Å². The maximum Gasteiger partial charge on any atom is 0.288 e. The van der Waals surface area contributed by atoms with Crippen molar-refractivity contribution in [2.24, 2.45) is 7.05 Å². The summed E-state index contributed by atoms with van der Waals surface area (Å²) in [7, 11) is 1.95. The van der Waals surface area contributed by atoms with E-state index in [1.165, 1.54) is 0 Å². The van der Waals surface area contributed by atoms with Crippen molar-refractivity contribution in [3.05, 3.63) is 73.2 Å². The molecule has 2 aromatic heterocycles. The minimum absolute atomic E-state index is 0.848. The van der Waals surface area contributed by atoms with Crippen LogP contribution in [0.2, 0.25) is 0 Å². The van der Waals surface area contributed by atoms with Gasteiger partial charge in [-0.15, -0.1) is 0 Å². The van der Waals surface area contributed by atoms with Crippen LogP contribution in [-0.4, -0.2) is 14.5 Å². The maximum atomic E-state index is 4.84. The Balaban J connectivity index is 0.000000921. The van der Waals surface area contributed by atoms with Crippen LogP contribution in [-0.2, 0) is 7.05 Å². The van der Waals surface area contributed by atoms with Gasteiger partial charge in [0.25, 0.3) is 12.0 Å². The Kier molecular flexibility index (Phi) is 10.2. The first-order valence-corrected chi connectivity index (χ1v) is 9.99. The van der Waals surface area contributed by atoms with E-state index in [1.807, 2.05) is 95.8 Å². The number of fused-ring (bicyclic) bond motifs is 1. The molecule has 0 aliphatic carbocycles. The average Bonchev–Trinajstić information content (AvgIpc) is 3.13. The van der Waals surface area contributed by atoms with E-state index in [0.29, 0.717) is 0 Å². The molecule has 3 rings (SSSR count). The molecule has 0 saturated heterocycles. The van der Waals surface area contributed by atoms with Crippen LogP contribution in [0.5, 0.6) is 0 Å². The molecule has 1 aromatic carbocycles. The summed E-state index contributed by atoms with van der Waals surface area (Å²) in [5.41, 5.74) is 3.81. The Morgan fingerprint density at radius 1 is 1.00 bits per heavy atom. The van der Waals surface area contributed by atoms with Crippen LogP contribution in [0.1, 0.15) is 41.5 Å². The molecular formula is C24H33N4+. The molecule has 0 spiro atoms. The number of aromatic nitrogens is 4. The first-order valence-electron chi connectivity index (χ1n) is 9.99. The second-order valence-electron chi connectivity index (χ2n) is 5.50. The molecule has 0 bridgehead atoms. The van der Waals surface area contributed by atoms with Gasteiger partial charge in [-0.05, 0) is 31.0 Å². The Hall–Kier alpha value is -3.01. The van der Waals surface area contributed by atoms with E-state index >= 15 is 0 Å². The van der Waals surface area contributed by atoms with Crippen molar-refractivity contribution in [2.45, 2.75) is 41.5 Å². The van der Waals surface area contributed by atoms with Gasteiger partial charge in [0, 0.05) is 5.56 Å². The number of hydrogen-bond acceptors (Lipinski definition) is 2. The minimum Gasteiger partial charge on any atom is -0.255 e. The second-order valence-corrected chi connectivity index (χ2v) is 5.50. The third-order valence-electron chi connectivity index (χ3n) is 3.65. The van der Waals surface area contributed by atoms with Crippen LogP contribution < -0.4 is 4.57 Å². The van der Waals surface area contributed by atoms with E-state index in [1.54, 1.807) is 6.33 Å². The zero-order chi connectivity index (χ0) is 20.9. The van der Waals surface area contributed by atoms with Crippen molar-refractivity contribution in [2.75, 3.05) is 0 Å². The predicted octanol–water partition coefficient (Wildman–Crippen LogP) is 5.97. The molecule has 3 aromatic rings. The molecule has 0 radical (unpaired) electrons. The molecule has 0 aliphatic rings. The summed E-state index contributed by atoms with van der Waals surface area (Å²) in [5, 5.41) is 0. The predicted molar refractivity (Wildman–Crippen MR) is 121 cm³/mol. The fraction of sp³-hybridized carbons (Fsp3) is 0.292. The number of rotatable bonds is 4. The highest BCUT2D eigenvalue weighted by Crippen LogP contribution is 2.27. The minimum atomic E-state index is 0.848. The summed E-state index contributed by atoms with van der Waals surface area (Å²) in [6.07, 6.45) is 14.0. The molecule has 2 heterocycles. The summed E-state index contributed by atoms with van der Waals surface area (Å²) in [6.45, 7) is 12.0. The molecule has 0 unspecified atom stereocenters. The van der Waals surface area contributed by atoms with E-state index in [9.17, 15) is 0 Å². The average molecular weight is 378 g/mol. The van der Waals surface area contributed by atoms with Crippen molar-refractivity contribution in [1.29, 1.82) is 0 Å². The molecule has 0 atom stereocenters. The van der Waals surface area contributed by atoms with E-state index in [4.69, 9.17) is 4.98 Å². The molecular weight excluding hydrogens is 344 g/mol. The summed E-state index contributed by atoms with van der Waals surface area (Å²) in [5.74, 6) is 0.887. The topological polar surface area (TPSA) is 34.6 Å². The zero-order valence-electron chi connectivity index (χ0n) is 18.2. The van der Waals surface area contributed by atoms with E-state index in [0.717, 1.165) is 28.2 Å². The van der Waals surface area contributed by atoms with Crippen LogP contribution in [0.15, 0.2) is 73.2 Å². The molecule has 28 heavy (non-hydrogen) atoms. The highest BCUT2D eigenvalue weighted by molar-refractivity contribution is 5.83. The molecule has 0 aliphatic heterocycles. The van der Waals surface area contributed by atoms with Crippen molar-refractivity contribution >= 4 is 16.9 Å². The van der Waals surface area contributed by atoms with Gasteiger partial charge in [0.15, 0.2) is 5.52 Å². The quantitative estimate of drug-likeness (QED) is 0.415. The standard InChI is InChI=1S/C20H21N4.2C2H6/c1-4-6-13-17(10-5-2)24-19(16-11-8-7-9-12-16)22-18-14-23(3)15-21-20(18)24;2*1-2/h4-15H,1-3H3;2*1-2H3/q+1;;/b6-4-,10-5-,17-13+;;. The summed E-state index contributed by atoms with van der Waals surface area (Å²) >= 11 is 0. The molecule has 148 valence electrons. The lowest BCUT2D eigenvalue weighted by Crippen LogP contribution is -2.27. The van der Waals surface area contributed by atoms with Crippen LogP contribution in [0.4, 0.5) is 0 Å². The lowest BCUT2D eigenvalue weighted by molar-refractivity contribution is -0.673. The van der Waals surface area contributed by atoms with Crippen LogP contribution in [0.25, 0.3) is 28.2 Å². The second kappa shape index (κ2) is 12.4. The van der Waals surface area contributed by atoms with Gasteiger partial charge >= 0.3 is 0 Å². The lowest BCUT2D eigenvalue weighted by atomic mass is 10.2.